The lowest BCUT2D eigenvalue weighted by molar-refractivity contribution is -0.133. The monoisotopic (exact) mass is 329 g/mol. The van der Waals surface area contributed by atoms with Crippen LogP contribution < -0.4 is 20.3 Å². The zero-order valence-electron chi connectivity index (χ0n) is 13.3. The number of rotatable bonds is 5. The van der Waals surface area contributed by atoms with Gasteiger partial charge in [0.2, 0.25) is 6.10 Å². The van der Waals surface area contributed by atoms with Crippen LogP contribution in [0.1, 0.15) is 13.3 Å². The van der Waals surface area contributed by atoms with E-state index < -0.39 is 6.10 Å². The number of para-hydroxylation sites is 2. The summed E-state index contributed by atoms with van der Waals surface area (Å²) in [6, 6.07) is 10.3. The predicted molar refractivity (Wildman–Crippen MR) is 87.1 cm³/mol. The van der Waals surface area contributed by atoms with E-state index in [0.29, 0.717) is 31.0 Å². The zero-order valence-corrected chi connectivity index (χ0v) is 13.3. The van der Waals surface area contributed by atoms with Crippen molar-refractivity contribution in [2.45, 2.75) is 32.1 Å². The Balaban J connectivity index is 1.50. The van der Waals surface area contributed by atoms with Gasteiger partial charge in [0.1, 0.15) is 6.10 Å². The second-order valence-corrected chi connectivity index (χ2v) is 5.54. The molecule has 2 aromatic rings. The third kappa shape index (κ3) is 3.56. The summed E-state index contributed by atoms with van der Waals surface area (Å²) in [5.74, 6) is 0.977. The first-order valence-electron chi connectivity index (χ1n) is 7.87. The van der Waals surface area contributed by atoms with Crippen molar-refractivity contribution < 1.29 is 14.3 Å². The number of amides is 1. The maximum atomic E-state index is 12.3. The van der Waals surface area contributed by atoms with E-state index in [1.165, 1.54) is 10.7 Å². The van der Waals surface area contributed by atoms with Crippen LogP contribution in [0.5, 0.6) is 11.5 Å². The van der Waals surface area contributed by atoms with E-state index in [-0.39, 0.29) is 17.6 Å². The average molecular weight is 329 g/mol. The maximum absolute atomic E-state index is 12.3. The number of carbonyl (C=O) groups excluding carboxylic acids is 1. The molecular formula is C17H19N3O4. The number of nitrogens with zero attached hydrogens (tertiary/aromatic N) is 2. The van der Waals surface area contributed by atoms with Crippen LogP contribution in [0, 0.1) is 0 Å². The van der Waals surface area contributed by atoms with Crippen molar-refractivity contribution >= 4 is 5.91 Å². The molecule has 7 heteroatoms. The molecule has 24 heavy (non-hydrogen) atoms. The fourth-order valence-corrected chi connectivity index (χ4v) is 2.50. The third-order valence-corrected chi connectivity index (χ3v) is 3.73. The minimum absolute atomic E-state index is 0.155. The summed E-state index contributed by atoms with van der Waals surface area (Å²) in [6.45, 7) is 2.67. The lowest BCUT2D eigenvalue weighted by atomic mass is 10.1. The quantitative estimate of drug-likeness (QED) is 0.827. The van der Waals surface area contributed by atoms with Gasteiger partial charge in [-0.3, -0.25) is 9.59 Å². The van der Waals surface area contributed by atoms with E-state index in [1.54, 1.807) is 25.3 Å². The van der Waals surface area contributed by atoms with Gasteiger partial charge in [-0.15, -0.1) is 0 Å². The molecule has 0 fully saturated rings. The SMILES string of the molecule is C[C@H]1Oc2ccccc2O[C@H]1C(=O)NCCCn1ncccc1=O. The van der Waals surface area contributed by atoms with Gasteiger partial charge in [0, 0.05) is 25.4 Å². The topological polar surface area (TPSA) is 82.4 Å². The normalized spacial score (nSPS) is 18.9. The molecule has 2 atom stereocenters. The molecule has 0 unspecified atom stereocenters. The Hall–Kier alpha value is -2.83. The van der Waals surface area contributed by atoms with Gasteiger partial charge in [-0.1, -0.05) is 12.1 Å². The molecule has 0 bridgehead atoms. The van der Waals surface area contributed by atoms with Crippen LogP contribution in [0.2, 0.25) is 0 Å². The Morgan fingerprint density at radius 1 is 1.21 bits per heavy atom. The molecule has 7 nitrogen and oxygen atoms in total. The largest absolute Gasteiger partial charge is 0.482 e. The Bertz CT molecular complexity index is 774. The van der Waals surface area contributed by atoms with Crippen LogP contribution in [0.4, 0.5) is 0 Å². The summed E-state index contributed by atoms with van der Waals surface area (Å²) in [7, 11) is 0. The lowest BCUT2D eigenvalue weighted by Gasteiger charge is -2.31. The van der Waals surface area contributed by atoms with Crippen LogP contribution in [-0.4, -0.2) is 34.4 Å². The van der Waals surface area contributed by atoms with Gasteiger partial charge >= 0.3 is 0 Å². The molecular weight excluding hydrogens is 310 g/mol. The number of aromatic nitrogens is 2. The van der Waals surface area contributed by atoms with Crippen molar-refractivity contribution in [2.75, 3.05) is 6.54 Å². The molecule has 0 aliphatic carbocycles. The minimum Gasteiger partial charge on any atom is -0.482 e. The first kappa shape index (κ1) is 16.0. The van der Waals surface area contributed by atoms with E-state index >= 15 is 0 Å². The minimum atomic E-state index is -0.697. The summed E-state index contributed by atoms with van der Waals surface area (Å²) in [5, 5.41) is 6.78. The van der Waals surface area contributed by atoms with Gasteiger partial charge in [-0.2, -0.15) is 5.10 Å². The van der Waals surface area contributed by atoms with E-state index in [1.807, 2.05) is 18.2 Å². The molecule has 0 saturated heterocycles. The summed E-state index contributed by atoms with van der Waals surface area (Å²) in [6.07, 6.45) is 1.09. The summed E-state index contributed by atoms with van der Waals surface area (Å²) in [4.78, 5) is 23.8. The van der Waals surface area contributed by atoms with Gasteiger partial charge in [-0.25, -0.2) is 4.68 Å². The third-order valence-electron chi connectivity index (χ3n) is 3.73. The van der Waals surface area contributed by atoms with Gasteiger partial charge in [0.15, 0.2) is 11.5 Å². The molecule has 0 saturated carbocycles. The number of fused-ring (bicyclic) bond motifs is 1. The van der Waals surface area contributed by atoms with Crippen LogP contribution in [0.15, 0.2) is 47.4 Å². The standard InChI is InChI=1S/C17H19N3O4/c1-12-16(24-14-7-3-2-6-13(14)23-12)17(22)18-9-5-11-20-15(21)8-4-10-19-20/h2-4,6-8,10,12,16H,5,9,11H2,1H3,(H,18,22)/t12-,16-/m1/s1. The highest BCUT2D eigenvalue weighted by Crippen LogP contribution is 2.33. The Morgan fingerprint density at radius 2 is 1.96 bits per heavy atom. The van der Waals surface area contributed by atoms with Crippen molar-refractivity contribution in [2.24, 2.45) is 0 Å². The molecule has 2 heterocycles. The second kappa shape index (κ2) is 7.16. The van der Waals surface area contributed by atoms with Crippen LogP contribution in [0.3, 0.4) is 0 Å². The molecule has 1 aromatic carbocycles. The highest BCUT2D eigenvalue weighted by atomic mass is 16.6. The number of benzene rings is 1. The van der Waals surface area contributed by atoms with Crippen molar-refractivity contribution in [1.29, 1.82) is 0 Å². The Morgan fingerprint density at radius 3 is 2.71 bits per heavy atom. The Labute approximate surface area is 139 Å². The van der Waals surface area contributed by atoms with Crippen molar-refractivity contribution in [3.63, 3.8) is 0 Å². The van der Waals surface area contributed by atoms with E-state index in [4.69, 9.17) is 9.47 Å². The number of ether oxygens (including phenoxy) is 2. The zero-order chi connectivity index (χ0) is 16.9. The van der Waals surface area contributed by atoms with Gasteiger partial charge < -0.3 is 14.8 Å². The first-order valence-corrected chi connectivity index (χ1v) is 7.87. The molecule has 1 N–H and O–H groups in total. The van der Waals surface area contributed by atoms with Crippen LogP contribution in [-0.2, 0) is 11.3 Å². The molecule has 1 amide bonds. The van der Waals surface area contributed by atoms with E-state index in [0.717, 1.165) is 0 Å². The summed E-state index contributed by atoms with van der Waals surface area (Å²) >= 11 is 0. The molecule has 0 radical (unpaired) electrons. The van der Waals surface area contributed by atoms with Gasteiger partial charge in [0.25, 0.3) is 11.5 Å². The first-order chi connectivity index (χ1) is 11.6. The second-order valence-electron chi connectivity index (χ2n) is 5.54. The summed E-state index contributed by atoms with van der Waals surface area (Å²) < 4.78 is 12.8. The fourth-order valence-electron chi connectivity index (χ4n) is 2.50. The van der Waals surface area contributed by atoms with E-state index in [2.05, 4.69) is 10.4 Å². The number of hydrogen-bond donors (Lipinski definition) is 1. The number of hydrogen-bond acceptors (Lipinski definition) is 5. The molecule has 126 valence electrons. The highest BCUT2D eigenvalue weighted by molar-refractivity contribution is 5.82. The molecule has 1 aliphatic heterocycles. The Kier molecular flexibility index (Phi) is 4.79. The number of carbonyl (C=O) groups is 1. The lowest BCUT2D eigenvalue weighted by Crippen LogP contribution is -2.49. The van der Waals surface area contributed by atoms with Crippen molar-refractivity contribution in [3.8, 4) is 11.5 Å². The fraction of sp³-hybridized carbons (Fsp3) is 0.353. The number of aryl methyl sites for hydroxylation is 1. The smallest absolute Gasteiger partial charge is 0.266 e. The van der Waals surface area contributed by atoms with Gasteiger partial charge in [0.05, 0.1) is 0 Å². The molecule has 3 rings (SSSR count). The average Bonchev–Trinajstić information content (AvgIpc) is 2.59. The summed E-state index contributed by atoms with van der Waals surface area (Å²) in [5.41, 5.74) is -0.155. The van der Waals surface area contributed by atoms with Crippen molar-refractivity contribution in [3.05, 3.63) is 52.9 Å². The predicted octanol–water partition coefficient (Wildman–Crippen LogP) is 0.978. The van der Waals surface area contributed by atoms with Gasteiger partial charge in [-0.05, 0) is 31.5 Å². The maximum Gasteiger partial charge on any atom is 0.266 e. The van der Waals surface area contributed by atoms with Crippen LogP contribution in [0.25, 0.3) is 0 Å². The molecule has 1 aromatic heterocycles. The highest BCUT2D eigenvalue weighted by Gasteiger charge is 2.33. The molecule has 0 spiro atoms. The van der Waals surface area contributed by atoms with E-state index in [9.17, 15) is 9.59 Å². The molecule has 1 aliphatic rings. The van der Waals surface area contributed by atoms with Crippen LogP contribution >= 0.6 is 0 Å². The number of nitrogens with one attached hydrogen (secondary N) is 1. The van der Waals surface area contributed by atoms with Crippen molar-refractivity contribution in [1.82, 2.24) is 15.1 Å².